The van der Waals surface area contributed by atoms with Gasteiger partial charge >= 0.3 is 6.09 Å². The largest absolute Gasteiger partial charge is 0.493 e. The number of fused-ring (bicyclic) bond motifs is 1. The highest BCUT2D eigenvalue weighted by molar-refractivity contribution is 5.84. The highest BCUT2D eigenvalue weighted by atomic mass is 16.5. The van der Waals surface area contributed by atoms with Crippen molar-refractivity contribution in [2.24, 2.45) is 0 Å². The van der Waals surface area contributed by atoms with Crippen LogP contribution in [0.1, 0.15) is 12.5 Å². The van der Waals surface area contributed by atoms with Gasteiger partial charge in [0.1, 0.15) is 5.75 Å². The van der Waals surface area contributed by atoms with Crippen molar-refractivity contribution >= 4 is 11.8 Å². The van der Waals surface area contributed by atoms with E-state index in [0.29, 0.717) is 6.61 Å². The molecule has 1 amide bonds. The van der Waals surface area contributed by atoms with E-state index in [1.807, 2.05) is 12.1 Å². The van der Waals surface area contributed by atoms with E-state index >= 15 is 0 Å². The molecule has 0 spiro atoms. The first-order chi connectivity index (χ1) is 7.29. The number of rotatable bonds is 2. The van der Waals surface area contributed by atoms with Gasteiger partial charge < -0.3 is 9.47 Å². The van der Waals surface area contributed by atoms with Crippen LogP contribution in [0.2, 0.25) is 0 Å². The third kappa shape index (κ3) is 2.21. The Hall–Kier alpha value is -1.71. The van der Waals surface area contributed by atoms with Crippen molar-refractivity contribution < 1.29 is 14.3 Å². The molecule has 0 aromatic heterocycles. The second kappa shape index (κ2) is 4.21. The lowest BCUT2D eigenvalue weighted by molar-refractivity contribution is 0.168. The van der Waals surface area contributed by atoms with Crippen LogP contribution in [0.15, 0.2) is 18.2 Å². The normalized spacial score (nSPS) is 12.9. The topological polar surface area (TPSA) is 47.6 Å². The summed E-state index contributed by atoms with van der Waals surface area (Å²) in [6, 6.07) is 5.59. The molecule has 1 aliphatic rings. The van der Waals surface area contributed by atoms with Crippen LogP contribution in [0.25, 0.3) is 0 Å². The van der Waals surface area contributed by atoms with E-state index in [0.717, 1.165) is 30.0 Å². The molecule has 0 fully saturated rings. The zero-order chi connectivity index (χ0) is 10.7. The summed E-state index contributed by atoms with van der Waals surface area (Å²) >= 11 is 0. The number of amides is 1. The molecule has 0 radical (unpaired) electrons. The van der Waals surface area contributed by atoms with Crippen molar-refractivity contribution in [2.45, 2.75) is 13.3 Å². The average molecular weight is 207 g/mol. The molecule has 1 aromatic carbocycles. The van der Waals surface area contributed by atoms with Gasteiger partial charge in [-0.05, 0) is 30.7 Å². The SMILES string of the molecule is CCOC(=O)Nc1ccc2c(c1)CCO2. The van der Waals surface area contributed by atoms with Crippen molar-refractivity contribution in [3.8, 4) is 5.75 Å². The summed E-state index contributed by atoms with van der Waals surface area (Å²) in [4.78, 5) is 11.1. The Morgan fingerprint density at radius 3 is 3.27 bits per heavy atom. The number of benzene rings is 1. The number of carbonyl (C=O) groups is 1. The van der Waals surface area contributed by atoms with Gasteiger partial charge in [0, 0.05) is 12.1 Å². The maximum absolute atomic E-state index is 11.1. The van der Waals surface area contributed by atoms with E-state index in [1.165, 1.54) is 0 Å². The molecule has 1 heterocycles. The van der Waals surface area contributed by atoms with Crippen LogP contribution in [-0.2, 0) is 11.2 Å². The maximum atomic E-state index is 11.1. The Balaban J connectivity index is 2.06. The minimum atomic E-state index is -0.420. The fourth-order valence-corrected chi connectivity index (χ4v) is 1.55. The number of nitrogens with one attached hydrogen (secondary N) is 1. The summed E-state index contributed by atoms with van der Waals surface area (Å²) < 4.78 is 10.1. The Morgan fingerprint density at radius 2 is 2.47 bits per heavy atom. The van der Waals surface area contributed by atoms with Crippen molar-refractivity contribution in [1.82, 2.24) is 0 Å². The van der Waals surface area contributed by atoms with Crippen LogP contribution in [0, 0.1) is 0 Å². The zero-order valence-electron chi connectivity index (χ0n) is 8.58. The third-order valence-corrected chi connectivity index (χ3v) is 2.21. The molecule has 0 atom stereocenters. The standard InChI is InChI=1S/C11H13NO3/c1-2-14-11(13)12-9-3-4-10-8(7-9)5-6-15-10/h3-4,7H,2,5-6H2,1H3,(H,12,13). The van der Waals surface area contributed by atoms with Crippen molar-refractivity contribution in [3.63, 3.8) is 0 Å². The first-order valence-corrected chi connectivity index (χ1v) is 4.99. The fraction of sp³-hybridized carbons (Fsp3) is 0.364. The lowest BCUT2D eigenvalue weighted by Crippen LogP contribution is -2.13. The smallest absolute Gasteiger partial charge is 0.411 e. The van der Waals surface area contributed by atoms with Crippen molar-refractivity contribution in [3.05, 3.63) is 23.8 Å². The van der Waals surface area contributed by atoms with Gasteiger partial charge in [0.2, 0.25) is 0 Å². The first kappa shape index (κ1) is 9.83. The summed E-state index contributed by atoms with van der Waals surface area (Å²) in [7, 11) is 0. The number of ether oxygens (including phenoxy) is 2. The molecular weight excluding hydrogens is 194 g/mol. The minimum Gasteiger partial charge on any atom is -0.493 e. The third-order valence-electron chi connectivity index (χ3n) is 2.21. The molecule has 2 rings (SSSR count). The predicted octanol–water partition coefficient (Wildman–Crippen LogP) is 2.19. The van der Waals surface area contributed by atoms with E-state index in [9.17, 15) is 4.79 Å². The van der Waals surface area contributed by atoms with Gasteiger partial charge in [0.05, 0.1) is 13.2 Å². The summed E-state index contributed by atoms with van der Waals surface area (Å²) in [5.74, 6) is 0.907. The molecule has 0 bridgehead atoms. The molecule has 0 saturated carbocycles. The van der Waals surface area contributed by atoms with Gasteiger partial charge in [0.15, 0.2) is 0 Å². The molecule has 80 valence electrons. The van der Waals surface area contributed by atoms with E-state index in [4.69, 9.17) is 9.47 Å². The Bertz CT molecular complexity index is 376. The van der Waals surface area contributed by atoms with Crippen LogP contribution in [0.5, 0.6) is 5.75 Å². The fourth-order valence-electron chi connectivity index (χ4n) is 1.55. The second-order valence-electron chi connectivity index (χ2n) is 3.27. The van der Waals surface area contributed by atoms with E-state index in [2.05, 4.69) is 5.32 Å². The quantitative estimate of drug-likeness (QED) is 0.808. The van der Waals surface area contributed by atoms with Crippen LogP contribution >= 0.6 is 0 Å². The molecule has 4 nitrogen and oxygen atoms in total. The minimum absolute atomic E-state index is 0.375. The molecular formula is C11H13NO3. The van der Waals surface area contributed by atoms with Crippen molar-refractivity contribution in [2.75, 3.05) is 18.5 Å². The lowest BCUT2D eigenvalue weighted by Gasteiger charge is -2.06. The summed E-state index contributed by atoms with van der Waals surface area (Å²) in [5, 5.41) is 2.66. The number of hydrogen-bond donors (Lipinski definition) is 1. The molecule has 4 heteroatoms. The molecule has 0 unspecified atom stereocenters. The molecule has 0 saturated heterocycles. The monoisotopic (exact) mass is 207 g/mol. The second-order valence-corrected chi connectivity index (χ2v) is 3.27. The summed E-state index contributed by atoms with van der Waals surface area (Å²) in [5.41, 5.74) is 1.88. The highest BCUT2D eigenvalue weighted by Crippen LogP contribution is 2.27. The van der Waals surface area contributed by atoms with E-state index < -0.39 is 6.09 Å². The van der Waals surface area contributed by atoms with Gasteiger partial charge in [-0.15, -0.1) is 0 Å². The predicted molar refractivity (Wildman–Crippen MR) is 56.3 cm³/mol. The van der Waals surface area contributed by atoms with Crippen LogP contribution in [0.4, 0.5) is 10.5 Å². The van der Waals surface area contributed by atoms with Gasteiger partial charge in [-0.25, -0.2) is 4.79 Å². The van der Waals surface area contributed by atoms with Crippen LogP contribution in [0.3, 0.4) is 0 Å². The lowest BCUT2D eigenvalue weighted by atomic mass is 10.1. The Labute approximate surface area is 88.2 Å². The molecule has 15 heavy (non-hydrogen) atoms. The molecule has 1 aromatic rings. The first-order valence-electron chi connectivity index (χ1n) is 4.99. The maximum Gasteiger partial charge on any atom is 0.411 e. The van der Waals surface area contributed by atoms with Crippen molar-refractivity contribution in [1.29, 1.82) is 0 Å². The molecule has 0 aliphatic carbocycles. The zero-order valence-corrected chi connectivity index (χ0v) is 8.58. The average Bonchev–Trinajstić information content (AvgIpc) is 2.65. The Kier molecular flexibility index (Phi) is 2.76. The van der Waals surface area contributed by atoms with E-state index in [1.54, 1.807) is 13.0 Å². The van der Waals surface area contributed by atoms with Gasteiger partial charge in [0.25, 0.3) is 0 Å². The summed E-state index contributed by atoms with van der Waals surface area (Å²) in [6.07, 6.45) is 0.476. The van der Waals surface area contributed by atoms with Crippen LogP contribution < -0.4 is 10.1 Å². The van der Waals surface area contributed by atoms with Gasteiger partial charge in [-0.3, -0.25) is 5.32 Å². The summed E-state index contributed by atoms with van der Waals surface area (Å²) in [6.45, 7) is 2.87. The molecule has 1 aliphatic heterocycles. The number of hydrogen-bond acceptors (Lipinski definition) is 3. The number of anilines is 1. The van der Waals surface area contributed by atoms with E-state index in [-0.39, 0.29) is 0 Å². The number of carbonyl (C=O) groups excluding carboxylic acids is 1. The van der Waals surface area contributed by atoms with Gasteiger partial charge in [-0.2, -0.15) is 0 Å². The highest BCUT2D eigenvalue weighted by Gasteiger charge is 2.12. The Morgan fingerprint density at radius 1 is 1.60 bits per heavy atom. The molecule has 1 N–H and O–H groups in total. The van der Waals surface area contributed by atoms with Crippen LogP contribution in [-0.4, -0.2) is 19.3 Å². The van der Waals surface area contributed by atoms with Gasteiger partial charge in [-0.1, -0.05) is 0 Å².